The van der Waals surface area contributed by atoms with E-state index in [0.29, 0.717) is 36.2 Å². The average molecular weight is 340 g/mol. The maximum atomic E-state index is 13.2. The Morgan fingerprint density at radius 2 is 1.76 bits per heavy atom. The van der Waals surface area contributed by atoms with Gasteiger partial charge in [-0.05, 0) is 42.3 Å². The second kappa shape index (κ2) is 7.25. The number of nitrogens with zero attached hydrogens (tertiary/aromatic N) is 1. The minimum atomic E-state index is -0.394. The molecule has 1 aliphatic rings. The molecule has 25 heavy (non-hydrogen) atoms. The standard InChI is InChI=1S/C19H17FN2O3/c20-14-5-1-4-13(10-14)11-17(23)21-15-6-2-7-16(12-15)22-18(24)8-3-9-19(22)25/h1-2,4-7,10,12H,3,8-9,11H2,(H,21,23). The highest BCUT2D eigenvalue weighted by Gasteiger charge is 2.27. The molecule has 0 atom stereocenters. The molecule has 6 heteroatoms. The van der Waals surface area contributed by atoms with Crippen LogP contribution in [0.5, 0.6) is 0 Å². The SMILES string of the molecule is O=C(Cc1cccc(F)c1)Nc1cccc(N2C(=O)CCCC2=O)c1. The van der Waals surface area contributed by atoms with Gasteiger partial charge in [-0.15, -0.1) is 0 Å². The molecule has 2 aromatic carbocycles. The molecule has 1 fully saturated rings. The number of halogens is 1. The molecule has 128 valence electrons. The molecule has 0 spiro atoms. The molecule has 1 saturated heterocycles. The highest BCUT2D eigenvalue weighted by Crippen LogP contribution is 2.24. The zero-order chi connectivity index (χ0) is 17.8. The topological polar surface area (TPSA) is 66.5 Å². The number of carbonyl (C=O) groups is 3. The highest BCUT2D eigenvalue weighted by atomic mass is 19.1. The highest BCUT2D eigenvalue weighted by molar-refractivity contribution is 6.16. The zero-order valence-corrected chi connectivity index (χ0v) is 13.5. The molecule has 3 rings (SSSR count). The third-order valence-corrected chi connectivity index (χ3v) is 3.92. The van der Waals surface area contributed by atoms with Crippen molar-refractivity contribution in [2.45, 2.75) is 25.7 Å². The first-order chi connectivity index (χ1) is 12.0. The van der Waals surface area contributed by atoms with Crippen molar-refractivity contribution >= 4 is 29.1 Å². The van der Waals surface area contributed by atoms with Crippen LogP contribution in [-0.4, -0.2) is 17.7 Å². The van der Waals surface area contributed by atoms with Crippen LogP contribution < -0.4 is 10.2 Å². The number of nitrogens with one attached hydrogen (secondary N) is 1. The first-order valence-electron chi connectivity index (χ1n) is 8.03. The molecule has 3 amide bonds. The van der Waals surface area contributed by atoms with Gasteiger partial charge in [0.05, 0.1) is 12.1 Å². The zero-order valence-electron chi connectivity index (χ0n) is 13.5. The minimum Gasteiger partial charge on any atom is -0.326 e. The van der Waals surface area contributed by atoms with Crippen LogP contribution in [0.25, 0.3) is 0 Å². The fourth-order valence-electron chi connectivity index (χ4n) is 2.80. The lowest BCUT2D eigenvalue weighted by atomic mass is 10.1. The van der Waals surface area contributed by atoms with Gasteiger partial charge in [-0.2, -0.15) is 0 Å². The van der Waals surface area contributed by atoms with Crippen LogP contribution in [0.15, 0.2) is 48.5 Å². The van der Waals surface area contributed by atoms with E-state index in [9.17, 15) is 18.8 Å². The third kappa shape index (κ3) is 4.09. The van der Waals surface area contributed by atoms with Crippen LogP contribution in [-0.2, 0) is 20.8 Å². The van der Waals surface area contributed by atoms with E-state index in [4.69, 9.17) is 0 Å². The van der Waals surface area contributed by atoms with E-state index in [2.05, 4.69) is 5.32 Å². The predicted octanol–water partition coefficient (Wildman–Crippen LogP) is 3.05. The van der Waals surface area contributed by atoms with Crippen LogP contribution in [0.1, 0.15) is 24.8 Å². The van der Waals surface area contributed by atoms with E-state index in [0.717, 1.165) is 4.90 Å². The van der Waals surface area contributed by atoms with Crippen molar-refractivity contribution in [1.82, 2.24) is 0 Å². The molecule has 2 aromatic rings. The number of rotatable bonds is 4. The number of amides is 3. The molecule has 0 unspecified atom stereocenters. The van der Waals surface area contributed by atoms with Gasteiger partial charge in [0.25, 0.3) is 0 Å². The van der Waals surface area contributed by atoms with Gasteiger partial charge in [0.15, 0.2) is 0 Å². The molecule has 5 nitrogen and oxygen atoms in total. The molecule has 0 saturated carbocycles. The van der Waals surface area contributed by atoms with E-state index < -0.39 is 5.82 Å². The lowest BCUT2D eigenvalue weighted by molar-refractivity contribution is -0.129. The van der Waals surface area contributed by atoms with Crippen molar-refractivity contribution < 1.29 is 18.8 Å². The smallest absolute Gasteiger partial charge is 0.233 e. The van der Waals surface area contributed by atoms with Crippen molar-refractivity contribution in [2.24, 2.45) is 0 Å². The number of carbonyl (C=O) groups excluding carboxylic acids is 3. The molecule has 0 bridgehead atoms. The van der Waals surface area contributed by atoms with Gasteiger partial charge in [0.1, 0.15) is 5.82 Å². The second-order valence-corrected chi connectivity index (χ2v) is 5.88. The maximum absolute atomic E-state index is 13.2. The Morgan fingerprint density at radius 3 is 2.48 bits per heavy atom. The van der Waals surface area contributed by atoms with E-state index >= 15 is 0 Å². The summed E-state index contributed by atoms with van der Waals surface area (Å²) >= 11 is 0. The Labute approximate surface area is 144 Å². The van der Waals surface area contributed by atoms with E-state index in [1.54, 1.807) is 36.4 Å². The Balaban J connectivity index is 1.72. The summed E-state index contributed by atoms with van der Waals surface area (Å²) in [5.74, 6) is -1.17. The number of anilines is 2. The number of benzene rings is 2. The first kappa shape index (κ1) is 16.8. The van der Waals surface area contributed by atoms with Crippen LogP contribution in [0.3, 0.4) is 0 Å². The van der Waals surface area contributed by atoms with Crippen LogP contribution >= 0.6 is 0 Å². The molecule has 1 aliphatic heterocycles. The molecular formula is C19H17FN2O3. The van der Waals surface area contributed by atoms with Gasteiger partial charge < -0.3 is 5.32 Å². The Kier molecular flexibility index (Phi) is 4.88. The van der Waals surface area contributed by atoms with E-state index in [1.807, 2.05) is 0 Å². The lowest BCUT2D eigenvalue weighted by Gasteiger charge is -2.25. The molecular weight excluding hydrogens is 323 g/mol. The average Bonchev–Trinajstić information content (AvgIpc) is 2.55. The van der Waals surface area contributed by atoms with Crippen molar-refractivity contribution in [3.05, 3.63) is 59.9 Å². The quantitative estimate of drug-likeness (QED) is 0.870. The predicted molar refractivity (Wildman–Crippen MR) is 91.5 cm³/mol. The summed E-state index contributed by atoms with van der Waals surface area (Å²) in [5, 5.41) is 2.71. The number of hydrogen-bond donors (Lipinski definition) is 1. The van der Waals surface area contributed by atoms with Crippen molar-refractivity contribution in [1.29, 1.82) is 0 Å². The normalized spacial score (nSPS) is 14.5. The summed E-state index contributed by atoms with van der Waals surface area (Å²) < 4.78 is 13.2. The van der Waals surface area contributed by atoms with Gasteiger partial charge in [0.2, 0.25) is 17.7 Å². The lowest BCUT2D eigenvalue weighted by Crippen LogP contribution is -2.40. The van der Waals surface area contributed by atoms with Gasteiger partial charge in [-0.3, -0.25) is 19.3 Å². The Morgan fingerprint density at radius 1 is 1.04 bits per heavy atom. The van der Waals surface area contributed by atoms with E-state index in [1.165, 1.54) is 12.1 Å². The van der Waals surface area contributed by atoms with Gasteiger partial charge in [0, 0.05) is 18.5 Å². The maximum Gasteiger partial charge on any atom is 0.233 e. The summed E-state index contributed by atoms with van der Waals surface area (Å²) in [4.78, 5) is 37.3. The summed E-state index contributed by atoms with van der Waals surface area (Å²) in [6.07, 6.45) is 1.27. The van der Waals surface area contributed by atoms with Crippen LogP contribution in [0.2, 0.25) is 0 Å². The van der Waals surface area contributed by atoms with E-state index in [-0.39, 0.29) is 24.1 Å². The molecule has 0 aliphatic carbocycles. The molecule has 0 aromatic heterocycles. The number of hydrogen-bond acceptors (Lipinski definition) is 3. The summed E-state index contributed by atoms with van der Waals surface area (Å²) in [6.45, 7) is 0. The largest absolute Gasteiger partial charge is 0.326 e. The van der Waals surface area contributed by atoms with Gasteiger partial charge in [-0.25, -0.2) is 4.39 Å². The van der Waals surface area contributed by atoms with Crippen molar-refractivity contribution in [3.8, 4) is 0 Å². The monoisotopic (exact) mass is 340 g/mol. The summed E-state index contributed by atoms with van der Waals surface area (Å²) in [5.41, 5.74) is 1.48. The van der Waals surface area contributed by atoms with Crippen molar-refractivity contribution in [3.63, 3.8) is 0 Å². The fourth-order valence-corrected chi connectivity index (χ4v) is 2.80. The second-order valence-electron chi connectivity index (χ2n) is 5.88. The van der Waals surface area contributed by atoms with Crippen LogP contribution in [0, 0.1) is 5.82 Å². The summed E-state index contributed by atoms with van der Waals surface area (Å²) in [6, 6.07) is 12.4. The molecule has 1 N–H and O–H groups in total. The van der Waals surface area contributed by atoms with Crippen molar-refractivity contribution in [2.75, 3.05) is 10.2 Å². The van der Waals surface area contributed by atoms with Gasteiger partial charge >= 0.3 is 0 Å². The molecule has 1 heterocycles. The number of piperidine rings is 1. The first-order valence-corrected chi connectivity index (χ1v) is 8.03. The fraction of sp³-hybridized carbons (Fsp3) is 0.211. The number of imide groups is 1. The van der Waals surface area contributed by atoms with Gasteiger partial charge in [-0.1, -0.05) is 18.2 Å². The van der Waals surface area contributed by atoms with Crippen LogP contribution in [0.4, 0.5) is 15.8 Å². The minimum absolute atomic E-state index is 0.0313. The Hall–Kier alpha value is -3.02. The Bertz CT molecular complexity index is 819. The third-order valence-electron chi connectivity index (χ3n) is 3.92. The molecule has 0 radical (unpaired) electrons. The summed E-state index contributed by atoms with van der Waals surface area (Å²) in [7, 11) is 0.